The van der Waals surface area contributed by atoms with Gasteiger partial charge >= 0.3 is 0 Å². The zero-order chi connectivity index (χ0) is 11.0. The highest BCUT2D eigenvalue weighted by Crippen LogP contribution is 2.31. The Balaban J connectivity index is 2.72. The molecule has 1 aliphatic rings. The molecule has 0 radical (unpaired) electrons. The lowest BCUT2D eigenvalue weighted by Gasteiger charge is -2.30. The lowest BCUT2D eigenvalue weighted by Crippen LogP contribution is -2.41. The lowest BCUT2D eigenvalue weighted by atomic mass is 9.66. The number of hydrogen-bond acceptors (Lipinski definition) is 0. The number of rotatable bonds is 1. The second-order valence-corrected chi connectivity index (χ2v) is 12.0. The molecule has 14 heavy (non-hydrogen) atoms. The van der Waals surface area contributed by atoms with Crippen LogP contribution >= 0.6 is 0 Å². The highest BCUT2D eigenvalue weighted by Gasteiger charge is 2.30. The van der Waals surface area contributed by atoms with Crippen LogP contribution in [0.5, 0.6) is 0 Å². The van der Waals surface area contributed by atoms with E-state index in [0.717, 1.165) is 6.31 Å². The predicted octanol–water partition coefficient (Wildman–Crippen LogP) is 3.76. The van der Waals surface area contributed by atoms with Crippen LogP contribution in [0, 0.1) is 11.3 Å². The number of hydrogen-bond donors (Lipinski definition) is 0. The monoisotopic (exact) mass is 206 g/mol. The van der Waals surface area contributed by atoms with Crippen LogP contribution in [0.15, 0.2) is 24.1 Å². The quantitative estimate of drug-likeness (QED) is 0.573. The van der Waals surface area contributed by atoms with Crippen molar-refractivity contribution in [3.8, 4) is 0 Å². The lowest BCUT2D eigenvalue weighted by molar-refractivity contribution is 0.343. The van der Waals surface area contributed by atoms with Crippen molar-refractivity contribution in [2.45, 2.75) is 40.4 Å². The summed E-state index contributed by atoms with van der Waals surface area (Å²) in [5.41, 5.74) is 0.372. The van der Waals surface area contributed by atoms with E-state index in [1.54, 1.807) is 0 Å². The van der Waals surface area contributed by atoms with E-state index < -0.39 is 7.94 Å². The van der Waals surface area contributed by atoms with Gasteiger partial charge in [-0.3, -0.25) is 0 Å². The highest BCUT2D eigenvalue weighted by atomic mass is 28.3. The smallest absolute Gasteiger partial charge is 0.116 e. The van der Waals surface area contributed by atoms with Crippen molar-refractivity contribution >= 4 is 14.2 Å². The molecular weight excluding hydrogens is 183 g/mol. The minimum Gasteiger partial charge on any atom is -0.116 e. The van der Waals surface area contributed by atoms with Crippen LogP contribution < -0.4 is 0 Å². The van der Waals surface area contributed by atoms with Crippen LogP contribution in [-0.4, -0.2) is 14.2 Å². The van der Waals surface area contributed by atoms with Crippen LogP contribution in [0.25, 0.3) is 0 Å². The highest BCUT2D eigenvalue weighted by molar-refractivity contribution is 7.35. The van der Waals surface area contributed by atoms with Crippen molar-refractivity contribution in [3.63, 3.8) is 0 Å². The maximum atomic E-state index is 2.43. The summed E-state index contributed by atoms with van der Waals surface area (Å²) in [5, 5.41) is 0. The van der Waals surface area contributed by atoms with Crippen LogP contribution in [-0.2, 0) is 0 Å². The topological polar surface area (TPSA) is 0 Å². The maximum Gasteiger partial charge on any atom is 0.183 e. The Hall–Kier alpha value is -0.238. The molecule has 0 nitrogen and oxygen atoms in total. The van der Waals surface area contributed by atoms with Crippen LogP contribution in [0.3, 0.4) is 0 Å². The molecule has 0 atom stereocenters. The van der Waals surface area contributed by atoms with Gasteiger partial charge in [0.05, 0.1) is 0 Å². The molecule has 78 valence electrons. The third-order valence-electron chi connectivity index (χ3n) is 3.05. The summed E-state index contributed by atoms with van der Waals surface area (Å²) in [6, 6.07) is 0. The van der Waals surface area contributed by atoms with Gasteiger partial charge < -0.3 is 0 Å². The molecule has 0 saturated carbocycles. The van der Waals surface area contributed by atoms with Crippen LogP contribution in [0.2, 0.25) is 19.6 Å². The summed E-state index contributed by atoms with van der Waals surface area (Å²) in [4.78, 5) is 0. The molecule has 0 fully saturated rings. The van der Waals surface area contributed by atoms with E-state index in [0.29, 0.717) is 11.3 Å². The Kier molecular flexibility index (Phi) is 3.15. The average molecular weight is 206 g/mol. The van der Waals surface area contributed by atoms with Gasteiger partial charge in [0.25, 0.3) is 0 Å². The first-order valence-electron chi connectivity index (χ1n) is 5.58. The minimum absolute atomic E-state index is 0.372. The Morgan fingerprint density at radius 2 is 1.43 bits per heavy atom. The van der Waals surface area contributed by atoms with E-state index in [1.807, 2.05) is 0 Å². The Morgan fingerprint density at radius 3 is 1.71 bits per heavy atom. The molecule has 0 aromatic carbocycles. The third-order valence-corrected chi connectivity index (χ3v) is 5.44. The molecular formula is C12H23BSi. The van der Waals surface area contributed by atoms with Gasteiger partial charge in [0, 0.05) is 7.94 Å². The fraction of sp³-hybridized carbons (Fsp3) is 0.667. The largest absolute Gasteiger partial charge is 0.183 e. The molecule has 0 aliphatic carbocycles. The van der Waals surface area contributed by atoms with Gasteiger partial charge in [0.2, 0.25) is 0 Å². The zero-order valence-corrected chi connectivity index (χ0v) is 11.5. The average Bonchev–Trinajstić information content (AvgIpc) is 2.01. The van der Waals surface area contributed by atoms with E-state index in [-0.39, 0.29) is 0 Å². The van der Waals surface area contributed by atoms with Gasteiger partial charge in [-0.1, -0.05) is 52.6 Å². The summed E-state index contributed by atoms with van der Waals surface area (Å²) in [5.74, 6) is 5.49. The Bertz CT molecular complexity index is 212. The second-order valence-electron chi connectivity index (χ2n) is 6.55. The molecule has 0 aromatic heterocycles. The minimum atomic E-state index is -1.02. The zero-order valence-electron chi connectivity index (χ0n) is 10.5. The molecule has 0 amide bonds. The van der Waals surface area contributed by atoms with E-state index in [9.17, 15) is 0 Å². The molecule has 1 rings (SSSR count). The number of allylic oxidation sites excluding steroid dienone is 2. The van der Waals surface area contributed by atoms with Crippen molar-refractivity contribution in [2.24, 2.45) is 11.3 Å². The fourth-order valence-electron chi connectivity index (χ4n) is 1.76. The van der Waals surface area contributed by atoms with Crippen LogP contribution in [0.1, 0.15) is 20.8 Å². The van der Waals surface area contributed by atoms with Gasteiger partial charge in [-0.2, -0.15) is 0 Å². The van der Waals surface area contributed by atoms with Crippen molar-refractivity contribution < 1.29 is 0 Å². The first-order chi connectivity index (χ1) is 6.21. The van der Waals surface area contributed by atoms with Crippen molar-refractivity contribution in [1.29, 1.82) is 0 Å². The third kappa shape index (κ3) is 2.88. The standard InChI is InChI=1S/C12H23BSi/c1-12(2,3)11-7-9-13(10-8-11)14(4,5)6/h7-11H,1-6H3. The van der Waals surface area contributed by atoms with Gasteiger partial charge in [-0.05, 0) is 11.3 Å². The molecule has 0 unspecified atom stereocenters. The summed E-state index contributed by atoms with van der Waals surface area (Å²) < 4.78 is 0. The van der Waals surface area contributed by atoms with Gasteiger partial charge in [0.1, 0.15) is 0 Å². The normalized spacial score (nSPS) is 19.1. The summed E-state index contributed by atoms with van der Waals surface area (Å²) in [6.07, 6.45) is 5.55. The molecule has 1 aliphatic heterocycles. The first-order valence-corrected chi connectivity index (χ1v) is 9.15. The molecule has 0 N–H and O–H groups in total. The Morgan fingerprint density at radius 1 is 1.00 bits per heavy atom. The molecule has 0 aromatic rings. The van der Waals surface area contributed by atoms with E-state index in [1.165, 1.54) is 0 Å². The van der Waals surface area contributed by atoms with Crippen molar-refractivity contribution in [2.75, 3.05) is 0 Å². The van der Waals surface area contributed by atoms with E-state index >= 15 is 0 Å². The molecule has 2 heteroatoms. The van der Waals surface area contributed by atoms with Gasteiger partial charge in [-0.15, -0.1) is 12.0 Å². The Labute approximate surface area is 90.5 Å². The summed E-state index contributed by atoms with van der Waals surface area (Å²) in [6.45, 7) is 14.2. The van der Waals surface area contributed by atoms with Crippen LogP contribution in [0.4, 0.5) is 0 Å². The summed E-state index contributed by atoms with van der Waals surface area (Å²) in [7, 11) is -1.02. The maximum absolute atomic E-state index is 2.43. The van der Waals surface area contributed by atoms with Gasteiger partial charge in [0.15, 0.2) is 6.31 Å². The second kappa shape index (κ2) is 3.73. The molecule has 0 bridgehead atoms. The molecule has 1 heterocycles. The van der Waals surface area contributed by atoms with E-state index in [4.69, 9.17) is 0 Å². The SMILES string of the molecule is CC(C)(C)C1C=CB([Si](C)(C)C)C=C1. The predicted molar refractivity (Wildman–Crippen MR) is 70.3 cm³/mol. The summed E-state index contributed by atoms with van der Waals surface area (Å²) >= 11 is 0. The van der Waals surface area contributed by atoms with Gasteiger partial charge in [-0.25, -0.2) is 0 Å². The van der Waals surface area contributed by atoms with E-state index in [2.05, 4.69) is 64.5 Å². The molecule has 0 spiro atoms. The van der Waals surface area contributed by atoms with Crippen molar-refractivity contribution in [1.82, 2.24) is 0 Å². The fourth-order valence-corrected chi connectivity index (χ4v) is 3.14. The molecule has 0 saturated heterocycles. The van der Waals surface area contributed by atoms with Crippen molar-refractivity contribution in [3.05, 3.63) is 24.1 Å². The first kappa shape index (κ1) is 11.8.